The number of methoxy groups -OCH3 is 1. The van der Waals surface area contributed by atoms with Crippen LogP contribution in [0.3, 0.4) is 0 Å². The van der Waals surface area contributed by atoms with E-state index >= 15 is 0 Å². The lowest BCUT2D eigenvalue weighted by Crippen LogP contribution is -2.46. The molecule has 156 valence electrons. The van der Waals surface area contributed by atoms with E-state index in [1.807, 2.05) is 6.07 Å². The van der Waals surface area contributed by atoms with Crippen LogP contribution in [-0.2, 0) is 4.74 Å². The predicted octanol–water partition coefficient (Wildman–Crippen LogP) is 5.28. The molecule has 1 N–H and O–H groups in total. The molecule has 2 aromatic rings. The molecule has 4 rings (SSSR count). The zero-order valence-electron chi connectivity index (χ0n) is 17.8. The number of fused-ring (bicyclic) bond motifs is 1. The van der Waals surface area contributed by atoms with Crippen LogP contribution in [-0.4, -0.2) is 49.6 Å². The zero-order chi connectivity index (χ0) is 20.2. The Kier molecular flexibility index (Phi) is 6.51. The number of piperidine rings is 1. The second-order valence-electron chi connectivity index (χ2n) is 8.56. The van der Waals surface area contributed by atoms with Crippen molar-refractivity contribution in [3.8, 4) is 5.75 Å². The van der Waals surface area contributed by atoms with Gasteiger partial charge in [-0.2, -0.15) is 0 Å². The summed E-state index contributed by atoms with van der Waals surface area (Å²) in [4.78, 5) is 2.66. The number of hydrogen-bond acceptors (Lipinski definition) is 4. The highest BCUT2D eigenvalue weighted by molar-refractivity contribution is 6.03. The van der Waals surface area contributed by atoms with Crippen molar-refractivity contribution in [3.63, 3.8) is 0 Å². The van der Waals surface area contributed by atoms with Crippen molar-refractivity contribution in [1.82, 2.24) is 4.90 Å². The molecule has 0 aromatic heterocycles. The van der Waals surface area contributed by atoms with Crippen molar-refractivity contribution in [1.29, 1.82) is 5.41 Å². The largest absolute Gasteiger partial charge is 0.497 e. The van der Waals surface area contributed by atoms with Gasteiger partial charge in [0, 0.05) is 30.8 Å². The van der Waals surface area contributed by atoms with Crippen LogP contribution >= 0.6 is 0 Å². The van der Waals surface area contributed by atoms with Crippen LogP contribution in [0.1, 0.15) is 51.0 Å². The van der Waals surface area contributed by atoms with Crippen LogP contribution in [0, 0.1) is 11.3 Å². The molecule has 1 atom stereocenters. The van der Waals surface area contributed by atoms with Crippen molar-refractivity contribution < 1.29 is 9.47 Å². The minimum absolute atomic E-state index is 0.337. The molecule has 0 amide bonds. The Labute approximate surface area is 174 Å². The number of likely N-dealkylation sites (tertiary alicyclic amines) is 1. The third kappa shape index (κ3) is 4.65. The first-order valence-electron chi connectivity index (χ1n) is 11.2. The summed E-state index contributed by atoms with van der Waals surface area (Å²) in [5.74, 6) is 1.21. The Hall–Kier alpha value is -1.91. The van der Waals surface area contributed by atoms with E-state index in [4.69, 9.17) is 14.9 Å². The van der Waals surface area contributed by atoms with E-state index in [-0.39, 0.29) is 0 Å². The third-order valence-electron chi connectivity index (χ3n) is 6.78. The first-order chi connectivity index (χ1) is 14.2. The molecule has 1 saturated heterocycles. The molecule has 2 aromatic carbocycles. The Morgan fingerprint density at radius 1 is 1.03 bits per heavy atom. The van der Waals surface area contributed by atoms with Gasteiger partial charge in [0.2, 0.25) is 0 Å². The lowest BCUT2D eigenvalue weighted by molar-refractivity contribution is 0.00847. The van der Waals surface area contributed by atoms with Gasteiger partial charge >= 0.3 is 0 Å². The number of ether oxygens (including phenoxy) is 2. The van der Waals surface area contributed by atoms with Crippen molar-refractivity contribution in [2.45, 2.75) is 57.6 Å². The average molecular weight is 395 g/mol. The van der Waals surface area contributed by atoms with Crippen molar-refractivity contribution in [3.05, 3.63) is 42.0 Å². The Morgan fingerprint density at radius 3 is 2.55 bits per heavy atom. The first-order valence-corrected chi connectivity index (χ1v) is 11.2. The van der Waals surface area contributed by atoms with E-state index in [1.54, 1.807) is 7.11 Å². The maximum Gasteiger partial charge on any atom is 0.119 e. The summed E-state index contributed by atoms with van der Waals surface area (Å²) >= 11 is 0. The Balaban J connectivity index is 1.41. The fourth-order valence-corrected chi connectivity index (χ4v) is 5.14. The first kappa shape index (κ1) is 20.4. The van der Waals surface area contributed by atoms with Crippen molar-refractivity contribution in [2.75, 3.05) is 26.8 Å². The van der Waals surface area contributed by atoms with Gasteiger partial charge in [0.05, 0.1) is 13.2 Å². The lowest BCUT2D eigenvalue weighted by atomic mass is 9.85. The Morgan fingerprint density at radius 2 is 1.79 bits per heavy atom. The van der Waals surface area contributed by atoms with Crippen LogP contribution < -0.4 is 4.74 Å². The van der Waals surface area contributed by atoms with Gasteiger partial charge in [0.15, 0.2) is 0 Å². The molecule has 0 bridgehead atoms. The second kappa shape index (κ2) is 9.27. The SMILES string of the molecule is CCOC1CCC(N2CCCC(C(=N)c3ccc4cc(OC)ccc4c3)C2)CC1. The van der Waals surface area contributed by atoms with Gasteiger partial charge in [-0.05, 0) is 86.5 Å². The lowest BCUT2D eigenvalue weighted by Gasteiger charge is -2.41. The van der Waals surface area contributed by atoms with E-state index in [1.165, 1.54) is 44.0 Å². The van der Waals surface area contributed by atoms with E-state index in [0.29, 0.717) is 18.1 Å². The molecular weight excluding hydrogens is 360 g/mol. The molecule has 29 heavy (non-hydrogen) atoms. The van der Waals surface area contributed by atoms with E-state index < -0.39 is 0 Å². The molecule has 4 nitrogen and oxygen atoms in total. The molecule has 1 aliphatic heterocycles. The van der Waals surface area contributed by atoms with Crippen molar-refractivity contribution in [2.24, 2.45) is 5.92 Å². The minimum atomic E-state index is 0.337. The second-order valence-corrected chi connectivity index (χ2v) is 8.56. The molecule has 4 heteroatoms. The highest BCUT2D eigenvalue weighted by Gasteiger charge is 2.31. The molecule has 1 aliphatic carbocycles. The van der Waals surface area contributed by atoms with Crippen LogP contribution in [0.25, 0.3) is 10.8 Å². The van der Waals surface area contributed by atoms with Gasteiger partial charge < -0.3 is 14.9 Å². The molecule has 2 fully saturated rings. The van der Waals surface area contributed by atoms with Crippen LogP contribution in [0.2, 0.25) is 0 Å². The molecule has 2 aliphatic rings. The van der Waals surface area contributed by atoms with Crippen LogP contribution in [0.5, 0.6) is 5.75 Å². The van der Waals surface area contributed by atoms with Crippen LogP contribution in [0.15, 0.2) is 36.4 Å². The van der Waals surface area contributed by atoms with Gasteiger partial charge in [0.1, 0.15) is 5.75 Å². The van der Waals surface area contributed by atoms with E-state index in [0.717, 1.165) is 42.0 Å². The number of benzene rings is 2. The number of hydrogen-bond donors (Lipinski definition) is 1. The average Bonchev–Trinajstić information content (AvgIpc) is 2.78. The summed E-state index contributed by atoms with van der Waals surface area (Å²) in [6.07, 6.45) is 7.64. The normalized spacial score (nSPS) is 25.8. The molecular formula is C25H34N2O2. The van der Waals surface area contributed by atoms with Gasteiger partial charge in [0.25, 0.3) is 0 Å². The highest BCUT2D eigenvalue weighted by atomic mass is 16.5. The number of rotatable bonds is 6. The topological polar surface area (TPSA) is 45.5 Å². The van der Waals surface area contributed by atoms with Crippen molar-refractivity contribution >= 4 is 16.5 Å². The molecule has 0 radical (unpaired) electrons. The predicted molar refractivity (Wildman–Crippen MR) is 119 cm³/mol. The third-order valence-corrected chi connectivity index (χ3v) is 6.78. The molecule has 1 saturated carbocycles. The van der Waals surface area contributed by atoms with Gasteiger partial charge in [-0.1, -0.05) is 18.2 Å². The highest BCUT2D eigenvalue weighted by Crippen LogP contribution is 2.30. The summed E-state index contributed by atoms with van der Waals surface area (Å²) < 4.78 is 11.2. The fraction of sp³-hybridized carbons (Fsp3) is 0.560. The van der Waals surface area contributed by atoms with Gasteiger partial charge in [-0.25, -0.2) is 0 Å². The Bertz CT molecular complexity index is 842. The van der Waals surface area contributed by atoms with E-state index in [2.05, 4.69) is 42.2 Å². The maximum absolute atomic E-state index is 8.90. The molecule has 1 heterocycles. The zero-order valence-corrected chi connectivity index (χ0v) is 17.8. The van der Waals surface area contributed by atoms with E-state index in [9.17, 15) is 0 Å². The number of nitrogens with zero attached hydrogens (tertiary/aromatic N) is 1. The standard InChI is InChI=1S/C25H34N2O2/c1-3-29-23-12-9-22(10-13-23)27-14-4-5-21(17-27)25(26)20-7-6-19-16-24(28-2)11-8-18(19)15-20/h6-8,11,15-16,21-23,26H,3-5,9-10,12-14,17H2,1-2H3. The van der Waals surface area contributed by atoms with Gasteiger partial charge in [-0.3, -0.25) is 4.90 Å². The smallest absolute Gasteiger partial charge is 0.119 e. The monoisotopic (exact) mass is 394 g/mol. The minimum Gasteiger partial charge on any atom is -0.497 e. The summed E-state index contributed by atoms with van der Waals surface area (Å²) in [6, 6.07) is 13.2. The quantitative estimate of drug-likeness (QED) is 0.678. The van der Waals surface area contributed by atoms with Crippen LogP contribution in [0.4, 0.5) is 0 Å². The summed E-state index contributed by atoms with van der Waals surface area (Å²) in [5, 5.41) is 11.2. The molecule has 1 unspecified atom stereocenters. The molecule has 0 spiro atoms. The fourth-order valence-electron chi connectivity index (χ4n) is 5.14. The van der Waals surface area contributed by atoms with Gasteiger partial charge in [-0.15, -0.1) is 0 Å². The summed E-state index contributed by atoms with van der Waals surface area (Å²) in [7, 11) is 1.70. The summed E-state index contributed by atoms with van der Waals surface area (Å²) in [6.45, 7) is 5.14. The summed E-state index contributed by atoms with van der Waals surface area (Å²) in [5.41, 5.74) is 1.87. The maximum atomic E-state index is 8.90. The number of nitrogens with one attached hydrogen (secondary N) is 1.